The molecular weight excluding hydrogens is 354 g/mol. The molecule has 3 unspecified atom stereocenters. The molecule has 0 aliphatic carbocycles. The van der Waals surface area contributed by atoms with Gasteiger partial charge in [-0.3, -0.25) is 4.99 Å². The van der Waals surface area contributed by atoms with Gasteiger partial charge in [-0.15, -0.1) is 0 Å². The minimum Gasteiger partial charge on any atom is -0.493 e. The van der Waals surface area contributed by atoms with Crippen molar-refractivity contribution in [3.63, 3.8) is 0 Å². The maximum atomic E-state index is 5.86. The summed E-state index contributed by atoms with van der Waals surface area (Å²) in [6.07, 6.45) is 3.62. The van der Waals surface area contributed by atoms with Crippen LogP contribution in [0.5, 0.6) is 5.75 Å². The fraction of sp³-hybridized carbons (Fsp3) is 0.500. The molecule has 1 aromatic heterocycles. The van der Waals surface area contributed by atoms with Crippen molar-refractivity contribution in [3.05, 3.63) is 54.0 Å². The fourth-order valence-electron chi connectivity index (χ4n) is 3.78. The Kier molecular flexibility index (Phi) is 6.17. The lowest BCUT2D eigenvalue weighted by Crippen LogP contribution is -2.45. The van der Waals surface area contributed by atoms with E-state index in [0.717, 1.165) is 56.6 Å². The summed E-state index contributed by atoms with van der Waals surface area (Å²) in [5, 5.41) is 7.05. The number of benzene rings is 1. The third kappa shape index (κ3) is 4.68. The van der Waals surface area contributed by atoms with Gasteiger partial charge in [-0.2, -0.15) is 0 Å². The van der Waals surface area contributed by atoms with Crippen LogP contribution in [0.1, 0.15) is 30.6 Å². The predicted octanol–water partition coefficient (Wildman–Crippen LogP) is 2.96. The molecule has 150 valence electrons. The van der Waals surface area contributed by atoms with Crippen molar-refractivity contribution in [2.45, 2.75) is 31.7 Å². The molecule has 0 spiro atoms. The summed E-state index contributed by atoms with van der Waals surface area (Å²) in [4.78, 5) is 4.83. The summed E-state index contributed by atoms with van der Waals surface area (Å²) in [6.45, 7) is 6.10. The van der Waals surface area contributed by atoms with Gasteiger partial charge in [-0.1, -0.05) is 18.2 Å². The Morgan fingerprint density at radius 3 is 2.96 bits per heavy atom. The second-order valence-electron chi connectivity index (χ2n) is 7.56. The Hall–Kier alpha value is -2.47. The molecular formula is C22H29N3O3. The zero-order valence-corrected chi connectivity index (χ0v) is 16.4. The number of nitrogens with zero attached hydrogens (tertiary/aromatic N) is 1. The minimum atomic E-state index is 0.207. The first-order valence-corrected chi connectivity index (χ1v) is 10.2. The van der Waals surface area contributed by atoms with Crippen molar-refractivity contribution in [1.82, 2.24) is 10.6 Å². The summed E-state index contributed by atoms with van der Waals surface area (Å²) in [6, 6.07) is 12.4. The van der Waals surface area contributed by atoms with Gasteiger partial charge in [0.25, 0.3) is 0 Å². The van der Waals surface area contributed by atoms with Crippen LogP contribution in [-0.4, -0.2) is 44.9 Å². The first-order valence-electron chi connectivity index (χ1n) is 10.2. The number of ether oxygens (including phenoxy) is 2. The van der Waals surface area contributed by atoms with Crippen molar-refractivity contribution in [2.24, 2.45) is 10.9 Å². The molecule has 1 saturated heterocycles. The summed E-state index contributed by atoms with van der Waals surface area (Å²) in [7, 11) is 0. The van der Waals surface area contributed by atoms with Gasteiger partial charge in [-0.05, 0) is 31.5 Å². The summed E-state index contributed by atoms with van der Waals surface area (Å²) in [5.41, 5.74) is 1.27. The van der Waals surface area contributed by atoms with Gasteiger partial charge in [0.2, 0.25) is 0 Å². The third-order valence-electron chi connectivity index (χ3n) is 5.48. The first kappa shape index (κ1) is 18.9. The lowest BCUT2D eigenvalue weighted by atomic mass is 9.94. The number of rotatable bonds is 7. The van der Waals surface area contributed by atoms with Crippen molar-refractivity contribution in [2.75, 3.05) is 32.9 Å². The van der Waals surface area contributed by atoms with Gasteiger partial charge in [0.15, 0.2) is 5.96 Å². The Bertz CT molecular complexity index is 769. The van der Waals surface area contributed by atoms with Crippen LogP contribution >= 0.6 is 0 Å². The van der Waals surface area contributed by atoms with E-state index in [4.69, 9.17) is 18.9 Å². The highest BCUT2D eigenvalue weighted by Gasteiger charge is 2.29. The van der Waals surface area contributed by atoms with Gasteiger partial charge < -0.3 is 24.5 Å². The Balaban J connectivity index is 1.38. The molecule has 28 heavy (non-hydrogen) atoms. The normalized spacial score (nSPS) is 22.5. The van der Waals surface area contributed by atoms with E-state index in [-0.39, 0.29) is 6.04 Å². The van der Waals surface area contributed by atoms with Gasteiger partial charge in [0.1, 0.15) is 11.5 Å². The van der Waals surface area contributed by atoms with E-state index in [1.54, 1.807) is 6.26 Å². The summed E-state index contributed by atoms with van der Waals surface area (Å²) < 4.78 is 16.8. The highest BCUT2D eigenvalue weighted by molar-refractivity contribution is 5.80. The van der Waals surface area contributed by atoms with Crippen LogP contribution in [0, 0.1) is 5.92 Å². The van der Waals surface area contributed by atoms with Gasteiger partial charge in [0, 0.05) is 49.6 Å². The van der Waals surface area contributed by atoms with E-state index < -0.39 is 0 Å². The molecule has 3 atom stereocenters. The highest BCUT2D eigenvalue weighted by Crippen LogP contribution is 2.35. The minimum absolute atomic E-state index is 0.207. The zero-order valence-electron chi connectivity index (χ0n) is 16.4. The molecule has 0 bridgehead atoms. The quantitative estimate of drug-likeness (QED) is 0.568. The highest BCUT2D eigenvalue weighted by atomic mass is 16.5. The molecule has 0 amide bonds. The number of fused-ring (bicyclic) bond motifs is 1. The van der Waals surface area contributed by atoms with E-state index >= 15 is 0 Å². The number of nitrogens with one attached hydrogen (secondary N) is 2. The van der Waals surface area contributed by atoms with Crippen LogP contribution < -0.4 is 15.4 Å². The molecule has 2 aromatic rings. The number of hydrogen-bond donors (Lipinski definition) is 2. The second-order valence-corrected chi connectivity index (χ2v) is 7.56. The molecule has 1 aromatic carbocycles. The maximum absolute atomic E-state index is 5.86. The van der Waals surface area contributed by atoms with Crippen LogP contribution in [0.15, 0.2) is 52.1 Å². The molecule has 2 aliphatic rings. The molecule has 2 N–H and O–H groups in total. The SMILES string of the molecule is CC(NC(=NCC1CCOC1)NCCc1ccco1)C1COc2ccccc21. The number of aliphatic imine (C=N–C) groups is 1. The third-order valence-corrected chi connectivity index (χ3v) is 5.48. The van der Waals surface area contributed by atoms with E-state index in [1.165, 1.54) is 5.56 Å². The Labute approximate surface area is 166 Å². The topological polar surface area (TPSA) is 68.0 Å². The molecule has 4 rings (SSSR count). The molecule has 1 fully saturated rings. The number of para-hydroxylation sites is 1. The van der Waals surface area contributed by atoms with Gasteiger partial charge >= 0.3 is 0 Å². The van der Waals surface area contributed by atoms with E-state index in [0.29, 0.717) is 18.4 Å². The van der Waals surface area contributed by atoms with Crippen LogP contribution in [0.25, 0.3) is 0 Å². The monoisotopic (exact) mass is 383 g/mol. The first-order chi connectivity index (χ1) is 13.8. The van der Waals surface area contributed by atoms with Crippen LogP contribution in [0.2, 0.25) is 0 Å². The molecule has 0 radical (unpaired) electrons. The predicted molar refractivity (Wildman–Crippen MR) is 109 cm³/mol. The second kappa shape index (κ2) is 9.15. The Morgan fingerprint density at radius 1 is 1.21 bits per heavy atom. The molecule has 0 saturated carbocycles. The van der Waals surface area contributed by atoms with Crippen LogP contribution in [-0.2, 0) is 11.2 Å². The van der Waals surface area contributed by atoms with Crippen molar-refractivity contribution >= 4 is 5.96 Å². The van der Waals surface area contributed by atoms with Crippen molar-refractivity contribution in [1.29, 1.82) is 0 Å². The van der Waals surface area contributed by atoms with E-state index in [2.05, 4.69) is 29.7 Å². The Morgan fingerprint density at radius 2 is 2.14 bits per heavy atom. The maximum Gasteiger partial charge on any atom is 0.191 e. The summed E-state index contributed by atoms with van der Waals surface area (Å²) in [5.74, 6) is 3.63. The van der Waals surface area contributed by atoms with E-state index in [1.807, 2.05) is 24.3 Å². The summed E-state index contributed by atoms with van der Waals surface area (Å²) >= 11 is 0. The van der Waals surface area contributed by atoms with Crippen molar-refractivity contribution in [3.8, 4) is 5.75 Å². The van der Waals surface area contributed by atoms with Gasteiger partial charge in [-0.25, -0.2) is 0 Å². The largest absolute Gasteiger partial charge is 0.493 e. The van der Waals surface area contributed by atoms with Crippen LogP contribution in [0.3, 0.4) is 0 Å². The lowest BCUT2D eigenvalue weighted by Gasteiger charge is -2.23. The molecule has 6 heteroatoms. The number of furan rings is 1. The van der Waals surface area contributed by atoms with Crippen molar-refractivity contribution < 1.29 is 13.9 Å². The smallest absolute Gasteiger partial charge is 0.191 e. The molecule has 6 nitrogen and oxygen atoms in total. The average molecular weight is 383 g/mol. The molecule has 3 heterocycles. The number of guanidine groups is 1. The lowest BCUT2D eigenvalue weighted by molar-refractivity contribution is 0.187. The average Bonchev–Trinajstić information content (AvgIpc) is 3.47. The zero-order chi connectivity index (χ0) is 19.2. The van der Waals surface area contributed by atoms with Gasteiger partial charge in [0.05, 0.1) is 19.5 Å². The molecule has 2 aliphatic heterocycles. The number of hydrogen-bond acceptors (Lipinski definition) is 4. The van der Waals surface area contributed by atoms with Crippen LogP contribution in [0.4, 0.5) is 0 Å². The van der Waals surface area contributed by atoms with E-state index in [9.17, 15) is 0 Å². The fourth-order valence-corrected chi connectivity index (χ4v) is 3.78. The standard InChI is InChI=1S/C22H29N3O3/c1-16(20-15-28-21-7-3-2-6-19(20)21)25-22(24-13-17-9-12-26-14-17)23-10-8-18-5-4-11-27-18/h2-7,11,16-17,20H,8-10,12-15H2,1H3,(H2,23,24,25).